The molecule has 1 saturated heterocycles. The Morgan fingerprint density at radius 1 is 1.20 bits per heavy atom. The molecule has 0 bridgehead atoms. The van der Waals surface area contributed by atoms with Crippen molar-refractivity contribution in [1.82, 2.24) is 9.47 Å². The Hall–Kier alpha value is -1.13. The summed E-state index contributed by atoms with van der Waals surface area (Å²) in [4.78, 5) is 14.7. The van der Waals surface area contributed by atoms with Crippen LogP contribution in [-0.4, -0.2) is 41.6 Å². The Labute approximate surface area is 120 Å². The highest BCUT2D eigenvalue weighted by Gasteiger charge is 2.27. The van der Waals surface area contributed by atoms with Gasteiger partial charge in [-0.1, -0.05) is 6.92 Å². The Morgan fingerprint density at radius 2 is 1.95 bits per heavy atom. The summed E-state index contributed by atoms with van der Waals surface area (Å²) in [6.45, 7) is 8.85. The number of morpholine rings is 1. The van der Waals surface area contributed by atoms with Gasteiger partial charge in [0.1, 0.15) is 0 Å². The van der Waals surface area contributed by atoms with Crippen molar-refractivity contribution < 1.29 is 9.53 Å². The summed E-state index contributed by atoms with van der Waals surface area (Å²) in [6, 6.07) is 0. The second-order valence-corrected chi connectivity index (χ2v) is 5.82. The maximum absolute atomic E-state index is 12.3. The van der Waals surface area contributed by atoms with Crippen LogP contribution < -0.4 is 0 Å². The van der Waals surface area contributed by atoms with Crippen LogP contribution in [0.5, 0.6) is 0 Å². The fourth-order valence-electron chi connectivity index (χ4n) is 3.55. The smallest absolute Gasteiger partial charge is 0.164 e. The van der Waals surface area contributed by atoms with Crippen molar-refractivity contribution in [2.24, 2.45) is 0 Å². The molecule has 0 atom stereocenters. The number of aromatic nitrogens is 1. The van der Waals surface area contributed by atoms with E-state index in [9.17, 15) is 4.79 Å². The highest BCUT2D eigenvalue weighted by Crippen LogP contribution is 2.30. The molecule has 1 fully saturated rings. The number of carbonyl (C=O) groups is 1. The molecule has 0 amide bonds. The van der Waals surface area contributed by atoms with Gasteiger partial charge in [0.15, 0.2) is 5.78 Å². The molecule has 1 aromatic heterocycles. The lowest BCUT2D eigenvalue weighted by molar-refractivity contribution is 0.0227. The quantitative estimate of drug-likeness (QED) is 0.848. The molecule has 0 aromatic carbocycles. The highest BCUT2D eigenvalue weighted by molar-refractivity contribution is 6.00. The molecule has 3 rings (SSSR count). The fraction of sp³-hybridized carbons (Fsp3) is 0.688. The minimum absolute atomic E-state index is 0.354. The van der Waals surface area contributed by atoms with Gasteiger partial charge in [-0.3, -0.25) is 9.69 Å². The minimum Gasteiger partial charge on any atom is -0.379 e. The molecule has 2 heterocycles. The van der Waals surface area contributed by atoms with Crippen molar-refractivity contribution in [2.45, 2.75) is 46.2 Å². The van der Waals surface area contributed by atoms with Gasteiger partial charge in [-0.25, -0.2) is 0 Å². The zero-order valence-corrected chi connectivity index (χ0v) is 12.6. The van der Waals surface area contributed by atoms with Crippen molar-refractivity contribution in [3.8, 4) is 0 Å². The second kappa shape index (κ2) is 5.70. The first-order chi connectivity index (χ1) is 9.72. The summed E-state index contributed by atoms with van der Waals surface area (Å²) in [7, 11) is 0. The lowest BCUT2D eigenvalue weighted by atomic mass is 9.92. The van der Waals surface area contributed by atoms with Crippen LogP contribution in [0.1, 0.15) is 47.1 Å². The predicted octanol–water partition coefficient (Wildman–Crippen LogP) is 2.17. The molecule has 0 radical (unpaired) electrons. The number of ether oxygens (including phenoxy) is 1. The van der Waals surface area contributed by atoms with Gasteiger partial charge in [0, 0.05) is 36.5 Å². The number of hydrogen-bond donors (Lipinski definition) is 0. The third-order valence-corrected chi connectivity index (χ3v) is 4.65. The molecule has 2 aliphatic rings. The number of nitrogens with zero attached hydrogens (tertiary/aromatic N) is 2. The number of carbonyl (C=O) groups excluding carboxylic acids is 1. The fourth-order valence-corrected chi connectivity index (χ4v) is 3.55. The monoisotopic (exact) mass is 276 g/mol. The van der Waals surface area contributed by atoms with Crippen molar-refractivity contribution >= 4 is 5.78 Å². The van der Waals surface area contributed by atoms with E-state index in [1.807, 2.05) is 0 Å². The second-order valence-electron chi connectivity index (χ2n) is 5.82. The maximum Gasteiger partial charge on any atom is 0.164 e. The summed E-state index contributed by atoms with van der Waals surface area (Å²) in [5.41, 5.74) is 4.89. The SMILES string of the molecule is CCc1c2c(n(CN3CCOCC3)c1C)CCCC2=O. The van der Waals surface area contributed by atoms with Crippen LogP contribution in [0, 0.1) is 6.92 Å². The van der Waals surface area contributed by atoms with Crippen LogP contribution in [0.2, 0.25) is 0 Å². The molecule has 20 heavy (non-hydrogen) atoms. The van der Waals surface area contributed by atoms with Crippen molar-refractivity contribution in [3.05, 3.63) is 22.5 Å². The van der Waals surface area contributed by atoms with Gasteiger partial charge in [-0.05, 0) is 31.7 Å². The molecule has 0 unspecified atom stereocenters. The van der Waals surface area contributed by atoms with Crippen LogP contribution in [0.25, 0.3) is 0 Å². The van der Waals surface area contributed by atoms with Crippen molar-refractivity contribution in [2.75, 3.05) is 26.3 Å². The van der Waals surface area contributed by atoms with E-state index in [-0.39, 0.29) is 0 Å². The van der Waals surface area contributed by atoms with E-state index in [1.165, 1.54) is 17.0 Å². The summed E-state index contributed by atoms with van der Waals surface area (Å²) in [6.07, 6.45) is 3.73. The standard InChI is InChI=1S/C16H24N2O2/c1-3-13-12(2)18(11-17-7-9-20-10-8-17)14-5-4-6-15(19)16(13)14/h3-11H2,1-2H3. The third kappa shape index (κ3) is 2.31. The average Bonchev–Trinajstić information content (AvgIpc) is 2.74. The third-order valence-electron chi connectivity index (χ3n) is 4.65. The Balaban J connectivity index is 1.95. The van der Waals surface area contributed by atoms with E-state index in [1.54, 1.807) is 0 Å². The van der Waals surface area contributed by atoms with Crippen LogP contribution in [0.4, 0.5) is 0 Å². The van der Waals surface area contributed by atoms with Gasteiger partial charge in [0.2, 0.25) is 0 Å². The molecule has 4 heteroatoms. The summed E-state index contributed by atoms with van der Waals surface area (Å²) < 4.78 is 7.80. The van der Waals surface area contributed by atoms with E-state index in [0.29, 0.717) is 5.78 Å². The predicted molar refractivity (Wildman–Crippen MR) is 78.2 cm³/mol. The largest absolute Gasteiger partial charge is 0.379 e. The first kappa shape index (κ1) is 13.8. The first-order valence-corrected chi connectivity index (χ1v) is 7.76. The molecule has 0 spiro atoms. The van der Waals surface area contributed by atoms with Crippen molar-refractivity contribution in [1.29, 1.82) is 0 Å². The number of ketones is 1. The van der Waals surface area contributed by atoms with Gasteiger partial charge < -0.3 is 9.30 Å². The lowest BCUT2D eigenvalue weighted by Crippen LogP contribution is -2.38. The van der Waals surface area contributed by atoms with Crippen LogP contribution >= 0.6 is 0 Å². The van der Waals surface area contributed by atoms with Gasteiger partial charge in [0.05, 0.1) is 19.9 Å². The lowest BCUT2D eigenvalue weighted by Gasteiger charge is -2.29. The maximum atomic E-state index is 12.3. The zero-order valence-electron chi connectivity index (χ0n) is 12.6. The van der Waals surface area contributed by atoms with Crippen LogP contribution in [-0.2, 0) is 24.2 Å². The number of fused-ring (bicyclic) bond motifs is 1. The molecule has 0 N–H and O–H groups in total. The van der Waals surface area contributed by atoms with E-state index >= 15 is 0 Å². The van der Waals surface area contributed by atoms with Gasteiger partial charge >= 0.3 is 0 Å². The van der Waals surface area contributed by atoms with Gasteiger partial charge in [-0.2, -0.15) is 0 Å². The summed E-state index contributed by atoms with van der Waals surface area (Å²) in [5, 5.41) is 0. The van der Waals surface area contributed by atoms with Gasteiger partial charge in [0.25, 0.3) is 0 Å². The highest BCUT2D eigenvalue weighted by atomic mass is 16.5. The molecule has 1 aliphatic carbocycles. The number of Topliss-reactive ketones (excluding diaryl/α,β-unsaturated/α-hetero) is 1. The van der Waals surface area contributed by atoms with Gasteiger partial charge in [-0.15, -0.1) is 0 Å². The van der Waals surface area contributed by atoms with Crippen LogP contribution in [0.3, 0.4) is 0 Å². The normalized spacial score (nSPS) is 20.2. The topological polar surface area (TPSA) is 34.5 Å². The Kier molecular flexibility index (Phi) is 3.94. The zero-order chi connectivity index (χ0) is 14.1. The molecule has 1 aliphatic heterocycles. The number of hydrogen-bond acceptors (Lipinski definition) is 3. The molecule has 0 saturated carbocycles. The van der Waals surface area contributed by atoms with Crippen molar-refractivity contribution in [3.63, 3.8) is 0 Å². The molecule has 4 nitrogen and oxygen atoms in total. The summed E-state index contributed by atoms with van der Waals surface area (Å²) >= 11 is 0. The average molecular weight is 276 g/mol. The molecular formula is C16H24N2O2. The van der Waals surface area contributed by atoms with Crippen LogP contribution in [0.15, 0.2) is 0 Å². The van der Waals surface area contributed by atoms with E-state index < -0.39 is 0 Å². The minimum atomic E-state index is 0.354. The molecule has 110 valence electrons. The first-order valence-electron chi connectivity index (χ1n) is 7.76. The van der Waals surface area contributed by atoms with E-state index in [4.69, 9.17) is 4.74 Å². The molecular weight excluding hydrogens is 252 g/mol. The number of rotatable bonds is 3. The Bertz CT molecular complexity index is 513. The molecule has 1 aromatic rings. The van der Waals surface area contributed by atoms with E-state index in [0.717, 1.165) is 64.2 Å². The van der Waals surface area contributed by atoms with E-state index in [2.05, 4.69) is 23.3 Å². The summed E-state index contributed by atoms with van der Waals surface area (Å²) in [5.74, 6) is 0.354. The Morgan fingerprint density at radius 3 is 2.65 bits per heavy atom.